The molecule has 3 rings (SSSR count). The number of hydrogen-bond donors (Lipinski definition) is 0. The summed E-state index contributed by atoms with van der Waals surface area (Å²) in [5.41, 5.74) is 2.99. The van der Waals surface area contributed by atoms with Gasteiger partial charge in [0, 0.05) is 31.4 Å². The SMILES string of the molecule is Cc1cnc(OCC2CCCN(Cc3ccc(C#N)cc3)C2)nc1. The van der Waals surface area contributed by atoms with Gasteiger partial charge in [0.25, 0.3) is 0 Å². The van der Waals surface area contributed by atoms with Crippen LogP contribution >= 0.6 is 0 Å². The van der Waals surface area contributed by atoms with Gasteiger partial charge in [0.05, 0.1) is 18.2 Å². The number of ether oxygens (including phenoxy) is 1. The Morgan fingerprint density at radius 3 is 2.71 bits per heavy atom. The second kappa shape index (κ2) is 7.89. The molecule has 0 spiro atoms. The van der Waals surface area contributed by atoms with Gasteiger partial charge in [-0.15, -0.1) is 0 Å². The zero-order valence-corrected chi connectivity index (χ0v) is 14.0. The van der Waals surface area contributed by atoms with Crippen molar-refractivity contribution in [3.05, 3.63) is 53.3 Å². The number of aromatic nitrogens is 2. The van der Waals surface area contributed by atoms with Crippen LogP contribution in [0.25, 0.3) is 0 Å². The molecule has 2 heterocycles. The van der Waals surface area contributed by atoms with Crippen LogP contribution < -0.4 is 4.74 Å². The van der Waals surface area contributed by atoms with E-state index in [-0.39, 0.29) is 0 Å². The van der Waals surface area contributed by atoms with Crippen molar-refractivity contribution < 1.29 is 4.74 Å². The first-order valence-electron chi connectivity index (χ1n) is 8.36. The van der Waals surface area contributed by atoms with Gasteiger partial charge < -0.3 is 4.74 Å². The molecule has 5 heteroatoms. The summed E-state index contributed by atoms with van der Waals surface area (Å²) >= 11 is 0. The molecule has 0 aliphatic carbocycles. The lowest BCUT2D eigenvalue weighted by molar-refractivity contribution is 0.120. The number of piperidine rings is 1. The van der Waals surface area contributed by atoms with Crippen LogP contribution in [0.1, 0.15) is 29.5 Å². The lowest BCUT2D eigenvalue weighted by atomic mass is 9.98. The Kier molecular flexibility index (Phi) is 5.39. The van der Waals surface area contributed by atoms with E-state index in [1.807, 2.05) is 31.2 Å². The molecule has 1 aromatic carbocycles. The van der Waals surface area contributed by atoms with Gasteiger partial charge in [-0.2, -0.15) is 5.26 Å². The smallest absolute Gasteiger partial charge is 0.316 e. The summed E-state index contributed by atoms with van der Waals surface area (Å²) in [6, 6.07) is 10.5. The Morgan fingerprint density at radius 2 is 2.00 bits per heavy atom. The summed E-state index contributed by atoms with van der Waals surface area (Å²) in [5.74, 6) is 0.502. The topological polar surface area (TPSA) is 62.0 Å². The van der Waals surface area contributed by atoms with Gasteiger partial charge in [-0.1, -0.05) is 12.1 Å². The summed E-state index contributed by atoms with van der Waals surface area (Å²) in [5, 5.41) is 8.87. The third-order valence-corrected chi connectivity index (χ3v) is 4.30. The van der Waals surface area contributed by atoms with Gasteiger partial charge in [-0.3, -0.25) is 4.90 Å². The van der Waals surface area contributed by atoms with E-state index in [1.165, 1.54) is 18.4 Å². The number of aryl methyl sites for hydroxylation is 1. The molecule has 1 aromatic heterocycles. The van der Waals surface area contributed by atoms with Crippen molar-refractivity contribution in [1.29, 1.82) is 5.26 Å². The molecule has 0 bridgehead atoms. The molecule has 1 saturated heterocycles. The normalized spacial score (nSPS) is 18.1. The molecule has 2 aromatic rings. The lowest BCUT2D eigenvalue weighted by Gasteiger charge is -2.32. The number of likely N-dealkylation sites (tertiary alicyclic amines) is 1. The Labute approximate surface area is 142 Å². The standard InChI is InChI=1S/C19H22N4O/c1-15-10-21-19(22-11-15)24-14-18-3-2-8-23(13-18)12-17-6-4-16(9-20)5-7-17/h4-7,10-11,18H,2-3,8,12-14H2,1H3. The number of nitriles is 1. The predicted molar refractivity (Wildman–Crippen MR) is 91.4 cm³/mol. The largest absolute Gasteiger partial charge is 0.463 e. The molecule has 0 amide bonds. The molecule has 1 unspecified atom stereocenters. The highest BCUT2D eigenvalue weighted by Gasteiger charge is 2.21. The first-order chi connectivity index (χ1) is 11.7. The van der Waals surface area contributed by atoms with Crippen LogP contribution in [0.5, 0.6) is 6.01 Å². The lowest BCUT2D eigenvalue weighted by Crippen LogP contribution is -2.37. The summed E-state index contributed by atoms with van der Waals surface area (Å²) < 4.78 is 5.74. The van der Waals surface area contributed by atoms with Crippen molar-refractivity contribution in [2.75, 3.05) is 19.7 Å². The molecule has 24 heavy (non-hydrogen) atoms. The second-order valence-electron chi connectivity index (χ2n) is 6.41. The summed E-state index contributed by atoms with van der Waals surface area (Å²) in [4.78, 5) is 10.8. The number of benzene rings is 1. The van der Waals surface area contributed by atoms with Crippen molar-refractivity contribution in [3.8, 4) is 12.1 Å². The predicted octanol–water partition coefficient (Wildman–Crippen LogP) is 2.95. The van der Waals surface area contributed by atoms with Crippen molar-refractivity contribution in [1.82, 2.24) is 14.9 Å². The molecule has 1 aliphatic heterocycles. The van der Waals surface area contributed by atoms with Gasteiger partial charge in [-0.05, 0) is 49.6 Å². The van der Waals surface area contributed by atoms with E-state index < -0.39 is 0 Å². The molecule has 1 atom stereocenters. The van der Waals surface area contributed by atoms with Crippen LogP contribution in [-0.2, 0) is 6.54 Å². The molecule has 0 N–H and O–H groups in total. The van der Waals surface area contributed by atoms with Crippen molar-refractivity contribution >= 4 is 0 Å². The average Bonchev–Trinajstić information content (AvgIpc) is 2.62. The highest BCUT2D eigenvalue weighted by Crippen LogP contribution is 2.19. The number of hydrogen-bond acceptors (Lipinski definition) is 5. The van der Waals surface area contributed by atoms with Crippen LogP contribution in [0.3, 0.4) is 0 Å². The highest BCUT2D eigenvalue weighted by molar-refractivity contribution is 5.31. The minimum atomic E-state index is 0.463. The van der Waals surface area contributed by atoms with Crippen LogP contribution in [0.4, 0.5) is 0 Å². The van der Waals surface area contributed by atoms with E-state index >= 15 is 0 Å². The van der Waals surface area contributed by atoms with Crippen LogP contribution in [0, 0.1) is 24.2 Å². The quantitative estimate of drug-likeness (QED) is 0.847. The van der Waals surface area contributed by atoms with E-state index in [4.69, 9.17) is 10.00 Å². The molecule has 1 fully saturated rings. The maximum atomic E-state index is 8.87. The maximum absolute atomic E-state index is 8.87. The maximum Gasteiger partial charge on any atom is 0.316 e. The first kappa shape index (κ1) is 16.4. The van der Waals surface area contributed by atoms with Gasteiger partial charge in [0.1, 0.15) is 0 Å². The molecule has 0 saturated carbocycles. The van der Waals surface area contributed by atoms with E-state index in [2.05, 4.69) is 20.9 Å². The van der Waals surface area contributed by atoms with Crippen molar-refractivity contribution in [2.24, 2.45) is 5.92 Å². The molecule has 124 valence electrons. The van der Waals surface area contributed by atoms with E-state index in [0.29, 0.717) is 24.1 Å². The summed E-state index contributed by atoms with van der Waals surface area (Å²) in [6.45, 7) is 5.67. The molecular formula is C19H22N4O. The van der Waals surface area contributed by atoms with Gasteiger partial charge >= 0.3 is 6.01 Å². The fraction of sp³-hybridized carbons (Fsp3) is 0.421. The Bertz CT molecular complexity index is 691. The van der Waals surface area contributed by atoms with Gasteiger partial charge in [0.15, 0.2) is 0 Å². The van der Waals surface area contributed by atoms with Crippen LogP contribution in [-0.4, -0.2) is 34.6 Å². The van der Waals surface area contributed by atoms with E-state index in [0.717, 1.165) is 25.2 Å². The third kappa shape index (κ3) is 4.53. The van der Waals surface area contributed by atoms with E-state index in [1.54, 1.807) is 12.4 Å². The fourth-order valence-electron chi connectivity index (χ4n) is 3.02. The molecule has 0 radical (unpaired) electrons. The Balaban J connectivity index is 1.50. The van der Waals surface area contributed by atoms with Gasteiger partial charge in [-0.25, -0.2) is 9.97 Å². The fourth-order valence-corrected chi connectivity index (χ4v) is 3.02. The molecular weight excluding hydrogens is 300 g/mol. The number of nitrogens with zero attached hydrogens (tertiary/aromatic N) is 4. The van der Waals surface area contributed by atoms with Crippen LogP contribution in [0.15, 0.2) is 36.7 Å². The molecule has 5 nitrogen and oxygen atoms in total. The van der Waals surface area contributed by atoms with E-state index in [9.17, 15) is 0 Å². The monoisotopic (exact) mass is 322 g/mol. The molecule has 1 aliphatic rings. The van der Waals surface area contributed by atoms with Crippen molar-refractivity contribution in [2.45, 2.75) is 26.3 Å². The first-order valence-corrected chi connectivity index (χ1v) is 8.36. The number of rotatable bonds is 5. The summed E-state index contributed by atoms with van der Waals surface area (Å²) in [7, 11) is 0. The third-order valence-electron chi connectivity index (χ3n) is 4.30. The van der Waals surface area contributed by atoms with Crippen molar-refractivity contribution in [3.63, 3.8) is 0 Å². The Hall–Kier alpha value is -2.45. The Morgan fingerprint density at radius 1 is 1.25 bits per heavy atom. The zero-order valence-electron chi connectivity index (χ0n) is 14.0. The highest BCUT2D eigenvalue weighted by atomic mass is 16.5. The summed E-state index contributed by atoms with van der Waals surface area (Å²) in [6.07, 6.45) is 5.91. The van der Waals surface area contributed by atoms with Crippen LogP contribution in [0.2, 0.25) is 0 Å². The average molecular weight is 322 g/mol. The zero-order chi connectivity index (χ0) is 16.8. The minimum Gasteiger partial charge on any atom is -0.463 e. The minimum absolute atomic E-state index is 0.463. The van der Waals surface area contributed by atoms with Gasteiger partial charge in [0.2, 0.25) is 0 Å². The second-order valence-corrected chi connectivity index (χ2v) is 6.41.